The average molecular weight is 705 g/mol. The predicted molar refractivity (Wildman–Crippen MR) is 186 cm³/mol. The number of carbonyl (C=O) groups is 2. The lowest BCUT2D eigenvalue weighted by Gasteiger charge is -2.73. The van der Waals surface area contributed by atoms with Crippen molar-refractivity contribution in [2.45, 2.75) is 142 Å². The second-order valence-electron chi connectivity index (χ2n) is 18.6. The van der Waals surface area contributed by atoms with Gasteiger partial charge in [0.15, 0.2) is 6.23 Å². The Balaban J connectivity index is 1.19. The molecule has 0 bridgehead atoms. The summed E-state index contributed by atoms with van der Waals surface area (Å²) in [5.41, 5.74) is 0.529. The largest absolute Gasteiger partial charge is 0.481 e. The number of hydrogen-bond acceptors (Lipinski definition) is 9. The highest BCUT2D eigenvalue weighted by atomic mass is 16.7. The van der Waals surface area contributed by atoms with Crippen LogP contribution in [-0.4, -0.2) is 99.4 Å². The molecule has 11 nitrogen and oxygen atoms in total. The van der Waals surface area contributed by atoms with Crippen LogP contribution in [0.2, 0.25) is 0 Å². The highest BCUT2D eigenvalue weighted by Gasteiger charge is 2.72. The van der Waals surface area contributed by atoms with Crippen molar-refractivity contribution in [2.75, 3.05) is 20.3 Å². The molecule has 0 spiro atoms. The van der Waals surface area contributed by atoms with E-state index in [4.69, 9.17) is 9.57 Å². The molecule has 0 aromatic rings. The van der Waals surface area contributed by atoms with E-state index in [0.717, 1.165) is 74.8 Å². The summed E-state index contributed by atoms with van der Waals surface area (Å²) in [6.07, 6.45) is 2.56. The van der Waals surface area contributed by atoms with E-state index in [2.05, 4.69) is 53.4 Å². The Labute approximate surface area is 298 Å². The first-order chi connectivity index (χ1) is 23.3. The van der Waals surface area contributed by atoms with Crippen molar-refractivity contribution in [1.29, 1.82) is 0 Å². The molecule has 50 heavy (non-hydrogen) atoms. The third-order valence-corrected chi connectivity index (χ3v) is 16.5. The van der Waals surface area contributed by atoms with Crippen LogP contribution in [-0.2, 0) is 19.2 Å². The van der Waals surface area contributed by atoms with Crippen LogP contribution in [0.25, 0.3) is 0 Å². The molecule has 5 unspecified atom stereocenters. The van der Waals surface area contributed by atoms with E-state index in [1.165, 1.54) is 7.11 Å². The van der Waals surface area contributed by atoms with Gasteiger partial charge in [0.1, 0.15) is 31.0 Å². The summed E-state index contributed by atoms with van der Waals surface area (Å²) in [6.45, 7) is 17.8. The summed E-state index contributed by atoms with van der Waals surface area (Å²) in [7, 11) is 1.35. The van der Waals surface area contributed by atoms with Gasteiger partial charge in [-0.15, -0.1) is 5.06 Å². The van der Waals surface area contributed by atoms with Crippen molar-refractivity contribution >= 4 is 11.9 Å². The van der Waals surface area contributed by atoms with Gasteiger partial charge < -0.3 is 35.6 Å². The van der Waals surface area contributed by atoms with E-state index >= 15 is 0 Å². The molecule has 284 valence electrons. The third-order valence-electron chi connectivity index (χ3n) is 16.5. The number of hydrogen-bond donors (Lipinski definition) is 6. The maximum atomic E-state index is 13.6. The number of ether oxygens (including phenoxy) is 1. The van der Waals surface area contributed by atoms with Gasteiger partial charge in [-0.2, -0.15) is 0 Å². The lowest BCUT2D eigenvalue weighted by atomic mass is 9.32. The number of nitrogens with zero attached hydrogens (tertiary/aromatic N) is 1. The molecule has 1 amide bonds. The van der Waals surface area contributed by atoms with Crippen LogP contribution in [0.4, 0.5) is 0 Å². The smallest absolute Gasteiger partial charge is 0.309 e. The van der Waals surface area contributed by atoms with Gasteiger partial charge in [0.05, 0.1) is 19.1 Å². The van der Waals surface area contributed by atoms with E-state index in [-0.39, 0.29) is 52.0 Å². The predicted octanol–water partition coefficient (Wildman–Crippen LogP) is 3.88. The Morgan fingerprint density at radius 3 is 2.20 bits per heavy atom. The monoisotopic (exact) mass is 704 g/mol. The Morgan fingerprint density at radius 2 is 1.58 bits per heavy atom. The Kier molecular flexibility index (Phi) is 9.96. The zero-order valence-electron chi connectivity index (χ0n) is 31.4. The molecule has 6 aliphatic rings. The fourth-order valence-corrected chi connectivity index (χ4v) is 13.7. The lowest BCUT2D eigenvalue weighted by molar-refractivity contribution is -0.325. The molecule has 0 aromatic carbocycles. The van der Waals surface area contributed by atoms with E-state index < -0.39 is 48.6 Å². The van der Waals surface area contributed by atoms with Gasteiger partial charge in [0.25, 0.3) is 0 Å². The molecule has 6 rings (SSSR count). The van der Waals surface area contributed by atoms with Gasteiger partial charge >= 0.3 is 5.97 Å². The van der Waals surface area contributed by atoms with Crippen LogP contribution < -0.4 is 5.32 Å². The Morgan fingerprint density at radius 1 is 0.880 bits per heavy atom. The number of carboxylic acids is 1. The van der Waals surface area contributed by atoms with Crippen LogP contribution in [0, 0.1) is 56.7 Å². The van der Waals surface area contributed by atoms with Gasteiger partial charge in [0.2, 0.25) is 5.91 Å². The van der Waals surface area contributed by atoms with Gasteiger partial charge in [-0.1, -0.05) is 46.8 Å². The van der Waals surface area contributed by atoms with Crippen molar-refractivity contribution in [3.05, 3.63) is 12.2 Å². The minimum atomic E-state index is -1.57. The van der Waals surface area contributed by atoms with E-state index in [1.807, 2.05) is 0 Å². The molecule has 11 heteroatoms. The van der Waals surface area contributed by atoms with Crippen molar-refractivity contribution in [2.24, 2.45) is 56.7 Å². The average Bonchev–Trinajstić information content (AvgIpc) is 3.46. The molecule has 15 atom stereocenters. The highest BCUT2D eigenvalue weighted by molar-refractivity contribution is 5.78. The number of nitrogens with one attached hydrogen (secondary N) is 1. The van der Waals surface area contributed by atoms with Crippen molar-refractivity contribution < 1.29 is 44.7 Å². The van der Waals surface area contributed by atoms with E-state index in [9.17, 15) is 35.1 Å². The van der Waals surface area contributed by atoms with Crippen LogP contribution in [0.15, 0.2) is 12.2 Å². The maximum Gasteiger partial charge on any atom is 0.309 e. The highest BCUT2D eigenvalue weighted by Crippen LogP contribution is 2.77. The molecular formula is C39H64N2O9. The quantitative estimate of drug-likeness (QED) is 0.161. The second kappa shape index (κ2) is 13.1. The molecule has 5 aliphatic carbocycles. The number of carboxylic acid groups (broad SMARTS) is 1. The number of aliphatic hydroxyl groups excluding tert-OH is 4. The van der Waals surface area contributed by atoms with Gasteiger partial charge in [-0.3, -0.25) is 14.4 Å². The number of carbonyl (C=O) groups excluding carboxylic acids is 1. The van der Waals surface area contributed by atoms with Crippen molar-refractivity contribution in [3.63, 3.8) is 0 Å². The SMILES string of the molecule is C=C(C)[C@@H]1CC[C@]2(C(=O)O)CC[C@]3(C)[C@H](CCC4[C@@]5(C)CC[C@H](NC(=O)CN(OC)[C@@H]6OC(CO)[C@@H](O)[C@H](O)C6O)C(C)(C)C5CC[C@]43C)C12. The number of rotatable bonds is 8. The molecule has 0 radical (unpaired) electrons. The molecule has 5 saturated carbocycles. The number of aliphatic hydroxyl groups is 4. The molecule has 6 N–H and O–H groups in total. The van der Waals surface area contributed by atoms with Crippen LogP contribution in [0.3, 0.4) is 0 Å². The summed E-state index contributed by atoms with van der Waals surface area (Å²) in [4.78, 5) is 32.0. The van der Waals surface area contributed by atoms with Crippen molar-refractivity contribution in [3.8, 4) is 0 Å². The first-order valence-electron chi connectivity index (χ1n) is 19.1. The molecule has 6 fully saturated rings. The van der Waals surface area contributed by atoms with Gasteiger partial charge in [0, 0.05) is 6.04 Å². The number of hydroxylamine groups is 2. The van der Waals surface area contributed by atoms with E-state index in [1.54, 1.807) is 0 Å². The molecular weight excluding hydrogens is 640 g/mol. The molecule has 1 saturated heterocycles. The zero-order valence-corrected chi connectivity index (χ0v) is 31.4. The molecule has 1 heterocycles. The summed E-state index contributed by atoms with van der Waals surface area (Å²) in [5.74, 6) is 0.781. The Hall–Kier alpha value is -1.60. The standard InChI is InChI=1S/C39H64N2O9/c1-21(2)22-11-16-39(34(47)48)18-17-37(6)23(29(22)39)9-10-26-36(5)14-13-27(35(3,4)25(36)12-15-38(26,37)7)40-28(43)19-41(49-8)33-32(46)31(45)30(44)24(20-42)50-33/h22-27,29-33,42,44-46H,1,9-20H2,2-8H3,(H,40,43)(H,47,48)/t22-,23+,24?,25?,26?,27-,29?,30+,31-,32?,33+,36-,37+,38+,39-/m0/s1. The van der Waals surface area contributed by atoms with Crippen LogP contribution in [0.1, 0.15) is 106 Å². The zero-order chi connectivity index (χ0) is 36.8. The van der Waals surface area contributed by atoms with Crippen LogP contribution in [0.5, 0.6) is 0 Å². The second-order valence-corrected chi connectivity index (χ2v) is 18.6. The van der Waals surface area contributed by atoms with Gasteiger partial charge in [-0.05, 0) is 122 Å². The normalized spacial score (nSPS) is 49.6. The number of fused-ring (bicyclic) bond motifs is 7. The number of allylic oxidation sites excluding steroid dienone is 1. The molecule has 0 aromatic heterocycles. The Bertz CT molecular complexity index is 1340. The third kappa shape index (κ3) is 5.37. The fraction of sp³-hybridized carbons (Fsp3) is 0.897. The first kappa shape index (κ1) is 38.1. The topological polar surface area (TPSA) is 169 Å². The van der Waals surface area contributed by atoms with Crippen molar-refractivity contribution in [1.82, 2.24) is 10.4 Å². The first-order valence-corrected chi connectivity index (χ1v) is 19.1. The minimum Gasteiger partial charge on any atom is -0.481 e. The summed E-state index contributed by atoms with van der Waals surface area (Å²) >= 11 is 0. The van der Waals surface area contributed by atoms with E-state index in [0.29, 0.717) is 17.8 Å². The summed E-state index contributed by atoms with van der Waals surface area (Å²) in [6, 6.07) is -0.0847. The maximum absolute atomic E-state index is 13.6. The number of aliphatic carboxylic acids is 1. The number of amides is 1. The van der Waals surface area contributed by atoms with Gasteiger partial charge in [-0.25, -0.2) is 0 Å². The van der Waals surface area contributed by atoms with Crippen LogP contribution >= 0.6 is 0 Å². The molecule has 1 aliphatic heterocycles. The lowest BCUT2D eigenvalue weighted by Crippen LogP contribution is -2.68. The summed E-state index contributed by atoms with van der Waals surface area (Å²) < 4.78 is 5.64. The summed E-state index contributed by atoms with van der Waals surface area (Å²) in [5, 5.41) is 55.9. The minimum absolute atomic E-state index is 0.0504. The fourth-order valence-electron chi connectivity index (χ4n) is 13.7.